The van der Waals surface area contributed by atoms with Crippen LogP contribution >= 0.6 is 0 Å². The van der Waals surface area contributed by atoms with Crippen LogP contribution in [0.3, 0.4) is 0 Å². The lowest BCUT2D eigenvalue weighted by atomic mass is 10.0. The molecular formula is C9H10FN3. The topological polar surface area (TPSA) is 75.8 Å². The lowest BCUT2D eigenvalue weighted by Crippen LogP contribution is -2.09. The largest absolute Gasteiger partial charge is 0.396 e. The Hall–Kier alpha value is -1.60. The fraction of sp³-hybridized carbons (Fsp3) is 0.222. The number of nitrogens with zero attached hydrogens (tertiary/aromatic N) is 1. The number of nitrogens with two attached hydrogens (primary N) is 2. The van der Waals surface area contributed by atoms with Crippen molar-refractivity contribution in [2.24, 2.45) is 5.73 Å². The van der Waals surface area contributed by atoms with E-state index in [0.29, 0.717) is 5.56 Å². The minimum atomic E-state index is -0.465. The number of benzene rings is 1. The lowest BCUT2D eigenvalue weighted by Gasteiger charge is -2.08. The summed E-state index contributed by atoms with van der Waals surface area (Å²) >= 11 is 0. The van der Waals surface area contributed by atoms with Gasteiger partial charge in [-0.1, -0.05) is 6.07 Å². The number of nitrogen functional groups attached to an aromatic ring is 1. The van der Waals surface area contributed by atoms with E-state index in [0.717, 1.165) is 0 Å². The molecule has 1 aromatic carbocycles. The molecule has 4 N–H and O–H groups in total. The quantitative estimate of drug-likeness (QED) is 0.672. The minimum Gasteiger partial charge on any atom is -0.396 e. The molecule has 0 radical (unpaired) electrons. The van der Waals surface area contributed by atoms with Crippen molar-refractivity contribution in [1.82, 2.24) is 0 Å². The van der Waals surface area contributed by atoms with Gasteiger partial charge in [-0.05, 0) is 17.7 Å². The van der Waals surface area contributed by atoms with E-state index in [1.807, 2.05) is 6.07 Å². The zero-order chi connectivity index (χ0) is 9.84. The average Bonchev–Trinajstić information content (AvgIpc) is 2.10. The zero-order valence-electron chi connectivity index (χ0n) is 7.00. The highest BCUT2D eigenvalue weighted by Gasteiger charge is 2.07. The van der Waals surface area contributed by atoms with Crippen LogP contribution < -0.4 is 11.5 Å². The van der Waals surface area contributed by atoms with Crippen LogP contribution in [0.25, 0.3) is 0 Å². The van der Waals surface area contributed by atoms with Gasteiger partial charge < -0.3 is 11.5 Å². The van der Waals surface area contributed by atoms with E-state index in [1.165, 1.54) is 18.2 Å². The van der Waals surface area contributed by atoms with Crippen LogP contribution in [0.2, 0.25) is 0 Å². The van der Waals surface area contributed by atoms with Crippen molar-refractivity contribution in [3.05, 3.63) is 29.6 Å². The summed E-state index contributed by atoms with van der Waals surface area (Å²) in [5.41, 5.74) is 11.7. The van der Waals surface area contributed by atoms with Crippen LogP contribution in [-0.4, -0.2) is 0 Å². The first-order valence-electron chi connectivity index (χ1n) is 3.82. The van der Waals surface area contributed by atoms with Gasteiger partial charge >= 0.3 is 0 Å². The van der Waals surface area contributed by atoms with E-state index in [4.69, 9.17) is 16.7 Å². The molecule has 0 fully saturated rings. The fourth-order valence-corrected chi connectivity index (χ4v) is 1.01. The third-order valence-electron chi connectivity index (χ3n) is 1.76. The molecule has 13 heavy (non-hydrogen) atoms. The van der Waals surface area contributed by atoms with E-state index >= 15 is 0 Å². The molecule has 68 valence electrons. The second-order valence-corrected chi connectivity index (χ2v) is 2.75. The molecule has 0 bridgehead atoms. The van der Waals surface area contributed by atoms with Gasteiger partial charge in [-0.2, -0.15) is 5.26 Å². The highest BCUT2D eigenvalue weighted by Crippen LogP contribution is 2.18. The molecule has 1 atom stereocenters. The molecule has 3 nitrogen and oxygen atoms in total. The Labute approximate surface area is 75.8 Å². The summed E-state index contributed by atoms with van der Waals surface area (Å²) in [5.74, 6) is -0.465. The first-order chi connectivity index (χ1) is 6.15. The third-order valence-corrected chi connectivity index (χ3v) is 1.76. The number of anilines is 1. The van der Waals surface area contributed by atoms with Crippen molar-refractivity contribution >= 4 is 5.69 Å². The summed E-state index contributed by atoms with van der Waals surface area (Å²) in [7, 11) is 0. The van der Waals surface area contributed by atoms with Gasteiger partial charge in [0.1, 0.15) is 5.82 Å². The number of hydrogen-bond acceptors (Lipinski definition) is 3. The molecule has 0 amide bonds. The predicted octanol–water partition coefficient (Wildman–Crippen LogP) is 1.32. The fourth-order valence-electron chi connectivity index (χ4n) is 1.01. The van der Waals surface area contributed by atoms with Crippen LogP contribution in [0.1, 0.15) is 18.0 Å². The van der Waals surface area contributed by atoms with Crippen LogP contribution in [-0.2, 0) is 0 Å². The number of nitriles is 1. The third kappa shape index (κ3) is 2.17. The van der Waals surface area contributed by atoms with Crippen LogP contribution in [0.5, 0.6) is 0 Å². The standard InChI is InChI=1S/C9H10FN3/c10-7-2-1-6(5-9(7)13)8(12)3-4-11/h1-2,5,8H,3,12-13H2/t8-/m1/s1. The summed E-state index contributed by atoms with van der Waals surface area (Å²) in [6.07, 6.45) is 0.199. The first kappa shape index (κ1) is 9.49. The van der Waals surface area contributed by atoms with Crippen molar-refractivity contribution in [3.8, 4) is 6.07 Å². The van der Waals surface area contributed by atoms with Crippen molar-refractivity contribution in [3.63, 3.8) is 0 Å². The van der Waals surface area contributed by atoms with E-state index < -0.39 is 11.9 Å². The maximum Gasteiger partial charge on any atom is 0.146 e. The Bertz CT molecular complexity index is 343. The zero-order valence-corrected chi connectivity index (χ0v) is 7.00. The van der Waals surface area contributed by atoms with Gasteiger partial charge in [0.25, 0.3) is 0 Å². The maximum atomic E-state index is 12.7. The Morgan fingerprint density at radius 1 is 1.54 bits per heavy atom. The Balaban J connectivity index is 2.91. The van der Waals surface area contributed by atoms with Gasteiger partial charge in [-0.3, -0.25) is 0 Å². The Morgan fingerprint density at radius 2 is 2.23 bits per heavy atom. The molecule has 1 rings (SSSR count). The molecule has 0 aromatic heterocycles. The van der Waals surface area contributed by atoms with Crippen LogP contribution in [0.4, 0.5) is 10.1 Å². The normalized spacial score (nSPS) is 12.1. The van der Waals surface area contributed by atoms with Crippen molar-refractivity contribution < 1.29 is 4.39 Å². The number of halogens is 1. The molecule has 4 heteroatoms. The Kier molecular flexibility index (Phi) is 2.83. The van der Waals surface area contributed by atoms with Gasteiger partial charge in [-0.15, -0.1) is 0 Å². The monoisotopic (exact) mass is 179 g/mol. The van der Waals surface area contributed by atoms with Crippen molar-refractivity contribution in [2.75, 3.05) is 5.73 Å². The van der Waals surface area contributed by atoms with Crippen LogP contribution in [0.15, 0.2) is 18.2 Å². The molecule has 0 unspecified atom stereocenters. The molecule has 0 spiro atoms. The smallest absolute Gasteiger partial charge is 0.146 e. The van der Waals surface area contributed by atoms with Crippen LogP contribution in [0, 0.1) is 17.1 Å². The van der Waals surface area contributed by atoms with Gasteiger partial charge in [0.2, 0.25) is 0 Å². The molecule has 0 saturated carbocycles. The molecule has 0 heterocycles. The minimum absolute atomic E-state index is 0.0610. The SMILES string of the molecule is N#CC[C@@H](N)c1ccc(F)c(N)c1. The first-order valence-corrected chi connectivity index (χ1v) is 3.82. The van der Waals surface area contributed by atoms with Gasteiger partial charge in [-0.25, -0.2) is 4.39 Å². The highest BCUT2D eigenvalue weighted by atomic mass is 19.1. The van der Waals surface area contributed by atoms with Crippen molar-refractivity contribution in [1.29, 1.82) is 5.26 Å². The highest BCUT2D eigenvalue weighted by molar-refractivity contribution is 5.43. The molecule has 0 aliphatic carbocycles. The van der Waals surface area contributed by atoms with E-state index in [9.17, 15) is 4.39 Å². The lowest BCUT2D eigenvalue weighted by molar-refractivity contribution is 0.630. The Morgan fingerprint density at radius 3 is 2.77 bits per heavy atom. The second kappa shape index (κ2) is 3.87. The molecule has 0 aliphatic heterocycles. The summed E-state index contributed by atoms with van der Waals surface area (Å²) in [6.45, 7) is 0. The summed E-state index contributed by atoms with van der Waals surface area (Å²) in [4.78, 5) is 0. The summed E-state index contributed by atoms with van der Waals surface area (Å²) in [6, 6.07) is 5.79. The maximum absolute atomic E-state index is 12.7. The van der Waals surface area contributed by atoms with Gasteiger partial charge in [0.15, 0.2) is 0 Å². The summed E-state index contributed by atoms with van der Waals surface area (Å²) < 4.78 is 12.7. The van der Waals surface area contributed by atoms with Gasteiger partial charge in [0, 0.05) is 6.04 Å². The number of rotatable bonds is 2. The predicted molar refractivity (Wildman–Crippen MR) is 48.0 cm³/mol. The van der Waals surface area contributed by atoms with Gasteiger partial charge in [0.05, 0.1) is 18.2 Å². The summed E-state index contributed by atoms with van der Waals surface area (Å²) in [5, 5.41) is 8.39. The van der Waals surface area contributed by atoms with E-state index in [2.05, 4.69) is 0 Å². The van der Waals surface area contributed by atoms with E-state index in [1.54, 1.807) is 0 Å². The molecular weight excluding hydrogens is 169 g/mol. The van der Waals surface area contributed by atoms with Crippen molar-refractivity contribution in [2.45, 2.75) is 12.5 Å². The van der Waals surface area contributed by atoms with E-state index in [-0.39, 0.29) is 12.1 Å². The molecule has 1 aromatic rings. The molecule has 0 saturated heterocycles. The molecule has 0 aliphatic rings. The number of hydrogen-bond donors (Lipinski definition) is 2. The second-order valence-electron chi connectivity index (χ2n) is 2.75. The average molecular weight is 179 g/mol.